The van der Waals surface area contributed by atoms with E-state index in [2.05, 4.69) is 10.3 Å². The number of hydrogen-bond donors (Lipinski definition) is 3. The summed E-state index contributed by atoms with van der Waals surface area (Å²) >= 11 is 0. The second-order valence-corrected chi connectivity index (χ2v) is 4.11. The smallest absolute Gasteiger partial charge is 0.250 e. The molecule has 1 aliphatic heterocycles. The van der Waals surface area contributed by atoms with Crippen molar-refractivity contribution in [2.24, 2.45) is 5.84 Å². The van der Waals surface area contributed by atoms with Crippen LogP contribution in [0.3, 0.4) is 0 Å². The number of aliphatic hydroxyl groups excluding tert-OH is 1. The van der Waals surface area contributed by atoms with Gasteiger partial charge in [-0.05, 0) is 26.3 Å². The molecule has 0 aromatic heterocycles. The molecule has 2 unspecified atom stereocenters. The number of hydrogen-bond acceptors (Lipinski definition) is 4. The van der Waals surface area contributed by atoms with E-state index in [0.29, 0.717) is 0 Å². The van der Waals surface area contributed by atoms with Crippen LogP contribution in [-0.2, 0) is 4.79 Å². The first-order chi connectivity index (χ1) is 7.20. The fourth-order valence-corrected chi connectivity index (χ4v) is 2.18. The summed E-state index contributed by atoms with van der Waals surface area (Å²) in [6.45, 7) is 2.80. The summed E-state index contributed by atoms with van der Waals surface area (Å²) < 4.78 is 0. The zero-order chi connectivity index (χ0) is 11.3. The largest absolute Gasteiger partial charge is 0.395 e. The summed E-state index contributed by atoms with van der Waals surface area (Å²) in [6, 6.07) is -0.162. The number of nitrogens with one attached hydrogen (secondary N) is 1. The second kappa shape index (κ2) is 6.05. The fourth-order valence-electron chi connectivity index (χ4n) is 2.18. The lowest BCUT2D eigenvalue weighted by Gasteiger charge is -2.32. The zero-order valence-electron chi connectivity index (χ0n) is 9.28. The standard InChI is InChI=1S/C10H21N3O2/c1-8(10(15)12-11)13-6-4-2-3-5-9(13)7-14/h8-9,14H,2-7,11H2,1H3,(H,12,15). The number of aliphatic hydroxyl groups is 1. The molecule has 0 aromatic carbocycles. The van der Waals surface area contributed by atoms with Gasteiger partial charge in [0, 0.05) is 6.04 Å². The quantitative estimate of drug-likeness (QED) is 0.340. The van der Waals surface area contributed by atoms with Crippen molar-refractivity contribution in [3.8, 4) is 0 Å². The van der Waals surface area contributed by atoms with Crippen molar-refractivity contribution in [3.63, 3.8) is 0 Å². The van der Waals surface area contributed by atoms with Crippen molar-refractivity contribution in [2.45, 2.75) is 44.7 Å². The summed E-state index contributed by atoms with van der Waals surface area (Å²) in [5, 5.41) is 9.29. The minimum absolute atomic E-state index is 0.0970. The fraction of sp³-hybridized carbons (Fsp3) is 0.900. The van der Waals surface area contributed by atoms with E-state index < -0.39 is 0 Å². The molecule has 1 amide bonds. The normalized spacial score (nSPS) is 25.7. The highest BCUT2D eigenvalue weighted by Gasteiger charge is 2.28. The van der Waals surface area contributed by atoms with E-state index in [9.17, 15) is 9.90 Å². The van der Waals surface area contributed by atoms with Crippen molar-refractivity contribution in [1.29, 1.82) is 0 Å². The van der Waals surface area contributed by atoms with E-state index in [0.717, 1.165) is 25.8 Å². The SMILES string of the molecule is CC(C(=O)NN)N1CCCCCC1CO. The summed E-state index contributed by atoms with van der Waals surface area (Å²) in [5.74, 6) is 4.93. The number of rotatable bonds is 3. The van der Waals surface area contributed by atoms with E-state index in [4.69, 9.17) is 5.84 Å². The maximum Gasteiger partial charge on any atom is 0.250 e. The van der Waals surface area contributed by atoms with Gasteiger partial charge < -0.3 is 5.11 Å². The molecule has 15 heavy (non-hydrogen) atoms. The van der Waals surface area contributed by atoms with Gasteiger partial charge in [0.25, 0.3) is 5.91 Å². The first kappa shape index (κ1) is 12.4. The van der Waals surface area contributed by atoms with Gasteiger partial charge in [0.2, 0.25) is 0 Å². The van der Waals surface area contributed by atoms with Crippen LogP contribution < -0.4 is 11.3 Å². The van der Waals surface area contributed by atoms with Crippen molar-refractivity contribution >= 4 is 5.91 Å². The summed E-state index contributed by atoms with van der Waals surface area (Å²) in [4.78, 5) is 13.5. The molecule has 1 aliphatic rings. The maximum absolute atomic E-state index is 11.4. The first-order valence-electron chi connectivity index (χ1n) is 5.57. The molecule has 88 valence electrons. The lowest BCUT2D eigenvalue weighted by molar-refractivity contribution is -0.127. The van der Waals surface area contributed by atoms with E-state index in [-0.39, 0.29) is 24.6 Å². The lowest BCUT2D eigenvalue weighted by Crippen LogP contribution is -2.52. The van der Waals surface area contributed by atoms with Crippen LogP contribution in [0, 0.1) is 0 Å². The molecule has 0 radical (unpaired) electrons. The lowest BCUT2D eigenvalue weighted by atomic mass is 10.1. The molecule has 1 saturated heterocycles. The minimum Gasteiger partial charge on any atom is -0.395 e. The molecule has 1 rings (SSSR count). The second-order valence-electron chi connectivity index (χ2n) is 4.11. The molecule has 0 spiro atoms. The van der Waals surface area contributed by atoms with Crippen LogP contribution >= 0.6 is 0 Å². The third-order valence-corrected chi connectivity index (χ3v) is 3.15. The van der Waals surface area contributed by atoms with E-state index in [1.54, 1.807) is 0 Å². The van der Waals surface area contributed by atoms with Gasteiger partial charge in [-0.2, -0.15) is 0 Å². The first-order valence-corrected chi connectivity index (χ1v) is 5.57. The Bertz CT molecular complexity index is 211. The molecule has 0 aromatic rings. The number of carbonyl (C=O) groups is 1. The van der Waals surface area contributed by atoms with Crippen LogP contribution in [-0.4, -0.2) is 41.1 Å². The Labute approximate surface area is 90.6 Å². The van der Waals surface area contributed by atoms with Crippen molar-refractivity contribution in [1.82, 2.24) is 10.3 Å². The highest BCUT2D eigenvalue weighted by atomic mass is 16.3. The Hall–Kier alpha value is -0.650. The number of nitrogens with two attached hydrogens (primary N) is 1. The molecule has 5 heteroatoms. The molecular weight excluding hydrogens is 194 g/mol. The Balaban J connectivity index is 2.65. The molecule has 1 heterocycles. The summed E-state index contributed by atoms with van der Waals surface area (Å²) in [6.07, 6.45) is 4.33. The van der Waals surface area contributed by atoms with Crippen LogP contribution in [0.2, 0.25) is 0 Å². The molecule has 4 N–H and O–H groups in total. The minimum atomic E-state index is -0.259. The van der Waals surface area contributed by atoms with Gasteiger partial charge in [0.15, 0.2) is 0 Å². The molecule has 0 aliphatic carbocycles. The average Bonchev–Trinajstić information content (AvgIpc) is 2.51. The average molecular weight is 215 g/mol. The van der Waals surface area contributed by atoms with Crippen molar-refractivity contribution in [2.75, 3.05) is 13.2 Å². The molecule has 5 nitrogen and oxygen atoms in total. The van der Waals surface area contributed by atoms with Crippen LogP contribution in [0.25, 0.3) is 0 Å². The number of hydrazine groups is 1. The predicted molar refractivity (Wildman–Crippen MR) is 57.8 cm³/mol. The third kappa shape index (κ3) is 3.15. The van der Waals surface area contributed by atoms with Crippen LogP contribution in [0.15, 0.2) is 0 Å². The number of likely N-dealkylation sites (tertiary alicyclic amines) is 1. The molecule has 0 saturated carbocycles. The predicted octanol–water partition coefficient (Wildman–Crippen LogP) is -0.398. The van der Waals surface area contributed by atoms with E-state index in [1.807, 2.05) is 6.92 Å². The number of carbonyl (C=O) groups excluding carboxylic acids is 1. The van der Waals surface area contributed by atoms with E-state index >= 15 is 0 Å². The number of amides is 1. The van der Waals surface area contributed by atoms with Gasteiger partial charge in [0.05, 0.1) is 12.6 Å². The molecule has 0 bridgehead atoms. The Morgan fingerprint density at radius 1 is 1.60 bits per heavy atom. The molecular formula is C10H21N3O2. The summed E-state index contributed by atoms with van der Waals surface area (Å²) in [7, 11) is 0. The van der Waals surface area contributed by atoms with Gasteiger partial charge in [-0.25, -0.2) is 5.84 Å². The van der Waals surface area contributed by atoms with E-state index in [1.165, 1.54) is 6.42 Å². The van der Waals surface area contributed by atoms with Crippen molar-refractivity contribution in [3.05, 3.63) is 0 Å². The van der Waals surface area contributed by atoms with Gasteiger partial charge in [-0.3, -0.25) is 15.1 Å². The van der Waals surface area contributed by atoms with Gasteiger partial charge in [-0.15, -0.1) is 0 Å². The Morgan fingerprint density at radius 3 is 2.93 bits per heavy atom. The summed E-state index contributed by atoms with van der Waals surface area (Å²) in [5.41, 5.74) is 2.16. The van der Waals surface area contributed by atoms with Gasteiger partial charge in [-0.1, -0.05) is 12.8 Å². The van der Waals surface area contributed by atoms with Crippen molar-refractivity contribution < 1.29 is 9.90 Å². The molecule has 1 fully saturated rings. The van der Waals surface area contributed by atoms with Gasteiger partial charge >= 0.3 is 0 Å². The third-order valence-electron chi connectivity index (χ3n) is 3.15. The maximum atomic E-state index is 11.4. The molecule has 2 atom stereocenters. The van der Waals surface area contributed by atoms with Crippen LogP contribution in [0.1, 0.15) is 32.6 Å². The van der Waals surface area contributed by atoms with Crippen LogP contribution in [0.5, 0.6) is 0 Å². The Kier molecular flexibility index (Phi) is 5.01. The van der Waals surface area contributed by atoms with Gasteiger partial charge in [0.1, 0.15) is 0 Å². The Morgan fingerprint density at radius 2 is 2.33 bits per heavy atom. The highest BCUT2D eigenvalue weighted by molar-refractivity contribution is 5.80. The van der Waals surface area contributed by atoms with Crippen LogP contribution in [0.4, 0.5) is 0 Å². The number of nitrogens with zero attached hydrogens (tertiary/aromatic N) is 1. The zero-order valence-corrected chi connectivity index (χ0v) is 9.28. The topological polar surface area (TPSA) is 78.6 Å². The monoisotopic (exact) mass is 215 g/mol. The highest BCUT2D eigenvalue weighted by Crippen LogP contribution is 2.18.